The SMILES string of the molecule is CCC(=O)Oc1cccc(I)c1COc1cc(Cl)c(C)cc1Cl. The molecule has 0 bridgehead atoms. The van der Waals surface area contributed by atoms with Crippen molar-refractivity contribution in [2.24, 2.45) is 0 Å². The maximum atomic E-state index is 11.6. The molecule has 0 unspecified atom stereocenters. The second-order valence-corrected chi connectivity index (χ2v) is 6.84. The molecule has 0 aliphatic rings. The fraction of sp³-hybridized carbons (Fsp3) is 0.235. The van der Waals surface area contributed by atoms with Gasteiger partial charge >= 0.3 is 5.97 Å². The van der Waals surface area contributed by atoms with Gasteiger partial charge in [-0.2, -0.15) is 0 Å². The molecule has 122 valence electrons. The monoisotopic (exact) mass is 464 g/mol. The van der Waals surface area contributed by atoms with Gasteiger partial charge in [-0.3, -0.25) is 4.79 Å². The van der Waals surface area contributed by atoms with Crippen molar-refractivity contribution in [1.29, 1.82) is 0 Å². The lowest BCUT2D eigenvalue weighted by molar-refractivity contribution is -0.134. The van der Waals surface area contributed by atoms with Crippen LogP contribution in [0.2, 0.25) is 10.0 Å². The Kier molecular flexibility index (Phi) is 6.56. The van der Waals surface area contributed by atoms with Crippen LogP contribution >= 0.6 is 45.8 Å². The van der Waals surface area contributed by atoms with Crippen molar-refractivity contribution < 1.29 is 14.3 Å². The van der Waals surface area contributed by atoms with Gasteiger partial charge in [-0.1, -0.05) is 36.2 Å². The molecule has 2 aromatic carbocycles. The largest absolute Gasteiger partial charge is 0.487 e. The normalized spacial score (nSPS) is 10.5. The predicted octanol–water partition coefficient (Wildman–Crippen LogP) is 5.80. The van der Waals surface area contributed by atoms with Gasteiger partial charge in [0.05, 0.1) is 5.02 Å². The molecule has 0 aliphatic heterocycles. The fourth-order valence-electron chi connectivity index (χ4n) is 1.86. The average molecular weight is 465 g/mol. The van der Waals surface area contributed by atoms with Crippen LogP contribution in [0.25, 0.3) is 0 Å². The molecule has 3 nitrogen and oxygen atoms in total. The number of hydrogen-bond acceptors (Lipinski definition) is 3. The first-order valence-electron chi connectivity index (χ1n) is 6.99. The zero-order chi connectivity index (χ0) is 17.0. The molecule has 6 heteroatoms. The topological polar surface area (TPSA) is 35.5 Å². The molecular weight excluding hydrogens is 450 g/mol. The minimum Gasteiger partial charge on any atom is -0.487 e. The number of ether oxygens (including phenoxy) is 2. The van der Waals surface area contributed by atoms with Crippen molar-refractivity contribution in [1.82, 2.24) is 0 Å². The van der Waals surface area contributed by atoms with Gasteiger partial charge in [0.1, 0.15) is 18.1 Å². The molecule has 0 saturated carbocycles. The maximum Gasteiger partial charge on any atom is 0.310 e. The number of benzene rings is 2. The molecule has 2 rings (SSSR count). The zero-order valence-corrected chi connectivity index (χ0v) is 16.3. The fourth-order valence-corrected chi connectivity index (χ4v) is 2.91. The summed E-state index contributed by atoms with van der Waals surface area (Å²) in [7, 11) is 0. The van der Waals surface area contributed by atoms with E-state index in [1.54, 1.807) is 25.1 Å². The number of aryl methyl sites for hydroxylation is 1. The molecule has 0 radical (unpaired) electrons. The molecule has 0 amide bonds. The Morgan fingerprint density at radius 1 is 1.17 bits per heavy atom. The Balaban J connectivity index is 2.23. The lowest BCUT2D eigenvalue weighted by Crippen LogP contribution is -2.09. The van der Waals surface area contributed by atoms with Crippen LogP contribution in [0.3, 0.4) is 0 Å². The van der Waals surface area contributed by atoms with E-state index in [1.165, 1.54) is 0 Å². The van der Waals surface area contributed by atoms with Crippen LogP contribution < -0.4 is 9.47 Å². The minimum absolute atomic E-state index is 0.227. The summed E-state index contributed by atoms with van der Waals surface area (Å²) in [6.45, 7) is 3.85. The van der Waals surface area contributed by atoms with Gasteiger partial charge in [-0.05, 0) is 53.3 Å². The van der Waals surface area contributed by atoms with Gasteiger partial charge in [-0.15, -0.1) is 0 Å². The smallest absolute Gasteiger partial charge is 0.310 e. The Hall–Kier alpha value is -0.980. The van der Waals surface area contributed by atoms with Crippen LogP contribution in [0.1, 0.15) is 24.5 Å². The van der Waals surface area contributed by atoms with E-state index in [9.17, 15) is 4.79 Å². The standard InChI is InChI=1S/C17H15Cl2IO3/c1-3-17(21)23-15-6-4-5-14(20)11(15)9-22-16-8-12(18)10(2)7-13(16)19/h4-8H,3,9H2,1-2H3. The third kappa shape index (κ3) is 4.75. The molecule has 2 aromatic rings. The minimum atomic E-state index is -0.287. The Labute approximate surface area is 159 Å². The maximum absolute atomic E-state index is 11.6. The van der Waals surface area contributed by atoms with Crippen molar-refractivity contribution in [3.8, 4) is 11.5 Å². The van der Waals surface area contributed by atoms with Gasteiger partial charge < -0.3 is 9.47 Å². The summed E-state index contributed by atoms with van der Waals surface area (Å²) < 4.78 is 12.1. The van der Waals surface area contributed by atoms with E-state index in [0.717, 1.165) is 14.7 Å². The van der Waals surface area contributed by atoms with Crippen LogP contribution in [-0.2, 0) is 11.4 Å². The van der Waals surface area contributed by atoms with Gasteiger partial charge in [-0.25, -0.2) is 0 Å². The first-order chi connectivity index (χ1) is 10.9. The molecule has 0 saturated heterocycles. The van der Waals surface area contributed by atoms with Crippen molar-refractivity contribution >= 4 is 51.8 Å². The molecule has 0 fully saturated rings. The Bertz CT molecular complexity index is 732. The lowest BCUT2D eigenvalue weighted by Gasteiger charge is -2.14. The highest BCUT2D eigenvalue weighted by Gasteiger charge is 2.13. The zero-order valence-electron chi connectivity index (χ0n) is 12.7. The molecule has 23 heavy (non-hydrogen) atoms. The van der Waals surface area contributed by atoms with Crippen molar-refractivity contribution in [2.75, 3.05) is 0 Å². The van der Waals surface area contributed by atoms with E-state index in [4.69, 9.17) is 32.7 Å². The summed E-state index contributed by atoms with van der Waals surface area (Å²) in [4.78, 5) is 11.6. The summed E-state index contributed by atoms with van der Waals surface area (Å²) in [5.74, 6) is 0.706. The molecule has 0 aromatic heterocycles. The molecular formula is C17H15Cl2IO3. The highest BCUT2D eigenvalue weighted by Crippen LogP contribution is 2.33. The summed E-state index contributed by atoms with van der Waals surface area (Å²) in [5.41, 5.74) is 1.68. The van der Waals surface area contributed by atoms with E-state index in [1.807, 2.05) is 19.1 Å². The quantitative estimate of drug-likeness (QED) is 0.318. The highest BCUT2D eigenvalue weighted by molar-refractivity contribution is 14.1. The first kappa shape index (κ1) is 18.4. The number of hydrogen-bond donors (Lipinski definition) is 0. The number of halogens is 3. The van der Waals surface area contributed by atoms with Crippen LogP contribution in [0.15, 0.2) is 30.3 Å². The van der Waals surface area contributed by atoms with E-state index in [0.29, 0.717) is 28.0 Å². The summed E-state index contributed by atoms with van der Waals surface area (Å²) >= 11 is 14.5. The number of rotatable bonds is 5. The molecule has 0 atom stereocenters. The summed E-state index contributed by atoms with van der Waals surface area (Å²) in [6, 6.07) is 8.95. The van der Waals surface area contributed by atoms with E-state index >= 15 is 0 Å². The van der Waals surface area contributed by atoms with E-state index in [-0.39, 0.29) is 12.6 Å². The molecule has 0 heterocycles. The third-order valence-electron chi connectivity index (χ3n) is 3.17. The lowest BCUT2D eigenvalue weighted by atomic mass is 10.2. The number of carbonyl (C=O) groups is 1. The second-order valence-electron chi connectivity index (χ2n) is 4.86. The van der Waals surface area contributed by atoms with Crippen LogP contribution in [0.5, 0.6) is 11.5 Å². The van der Waals surface area contributed by atoms with Gasteiger partial charge in [0.25, 0.3) is 0 Å². The number of esters is 1. The number of carbonyl (C=O) groups excluding carboxylic acids is 1. The Morgan fingerprint density at radius 3 is 2.61 bits per heavy atom. The third-order valence-corrected chi connectivity index (χ3v) is 4.89. The first-order valence-corrected chi connectivity index (χ1v) is 8.82. The summed E-state index contributed by atoms with van der Waals surface area (Å²) in [6.07, 6.45) is 0.311. The van der Waals surface area contributed by atoms with Gasteiger partial charge in [0, 0.05) is 26.6 Å². The predicted molar refractivity (Wildman–Crippen MR) is 101 cm³/mol. The molecule has 0 aliphatic carbocycles. The molecule has 0 spiro atoms. The van der Waals surface area contributed by atoms with Crippen LogP contribution in [0, 0.1) is 10.5 Å². The van der Waals surface area contributed by atoms with E-state index < -0.39 is 0 Å². The van der Waals surface area contributed by atoms with Crippen molar-refractivity contribution in [3.63, 3.8) is 0 Å². The van der Waals surface area contributed by atoms with Crippen LogP contribution in [0.4, 0.5) is 0 Å². The second kappa shape index (κ2) is 8.22. The average Bonchev–Trinajstić information content (AvgIpc) is 2.51. The van der Waals surface area contributed by atoms with Gasteiger partial charge in [0.15, 0.2) is 0 Å². The highest BCUT2D eigenvalue weighted by atomic mass is 127. The van der Waals surface area contributed by atoms with Crippen molar-refractivity contribution in [3.05, 3.63) is 55.1 Å². The molecule has 0 N–H and O–H groups in total. The van der Waals surface area contributed by atoms with Crippen molar-refractivity contribution in [2.45, 2.75) is 26.9 Å². The van der Waals surface area contributed by atoms with E-state index in [2.05, 4.69) is 22.6 Å². The van der Waals surface area contributed by atoms with Gasteiger partial charge in [0.2, 0.25) is 0 Å². The summed E-state index contributed by atoms with van der Waals surface area (Å²) in [5, 5.41) is 1.08. The van der Waals surface area contributed by atoms with Crippen LogP contribution in [-0.4, -0.2) is 5.97 Å². The Morgan fingerprint density at radius 2 is 1.91 bits per heavy atom.